The van der Waals surface area contributed by atoms with Crippen LogP contribution in [0.3, 0.4) is 0 Å². The number of carbonyl (C=O) groups is 3. The summed E-state index contributed by atoms with van der Waals surface area (Å²) >= 11 is 0. The number of hydrogen-bond acceptors (Lipinski definition) is 4. The summed E-state index contributed by atoms with van der Waals surface area (Å²) in [5.74, 6) is -0.595. The minimum absolute atomic E-state index is 0.0685. The molecule has 110 valence electrons. The van der Waals surface area contributed by atoms with Gasteiger partial charge in [0.1, 0.15) is 5.78 Å². The summed E-state index contributed by atoms with van der Waals surface area (Å²) in [4.78, 5) is 35.4. The molecule has 0 spiro atoms. The number of rotatable bonds is 5. The molecule has 0 radical (unpaired) electrons. The molecule has 0 saturated carbocycles. The number of carbonyl (C=O) groups excluding carboxylic acids is 3. The third kappa shape index (κ3) is 3.25. The van der Waals surface area contributed by atoms with Crippen LogP contribution in [-0.4, -0.2) is 24.1 Å². The highest BCUT2D eigenvalue weighted by atomic mass is 16.2. The maximum absolute atomic E-state index is 11.6. The van der Waals surface area contributed by atoms with Crippen LogP contribution in [0.4, 0.5) is 5.69 Å². The summed E-state index contributed by atoms with van der Waals surface area (Å²) in [6, 6.07) is 7.16. The predicted molar refractivity (Wildman–Crippen MR) is 79.8 cm³/mol. The third-order valence-electron chi connectivity index (χ3n) is 3.44. The van der Waals surface area contributed by atoms with Crippen LogP contribution < -0.4 is 10.2 Å². The van der Waals surface area contributed by atoms with Crippen molar-refractivity contribution in [3.05, 3.63) is 42.0 Å². The number of amides is 2. The molecule has 0 saturated heterocycles. The average Bonchev–Trinajstić information content (AvgIpc) is 2.76. The number of Topliss-reactive ketones (excluding diaryl/α,β-unsaturated/α-hetero) is 1. The summed E-state index contributed by atoms with van der Waals surface area (Å²) in [7, 11) is 0. The molecule has 0 aliphatic carbocycles. The Hall–Kier alpha value is -2.27. The van der Waals surface area contributed by atoms with E-state index in [0.29, 0.717) is 12.2 Å². The zero-order chi connectivity index (χ0) is 15.6. The lowest BCUT2D eigenvalue weighted by molar-refractivity contribution is -0.120. The summed E-state index contributed by atoms with van der Waals surface area (Å²) in [6.45, 7) is 5.77. The Kier molecular flexibility index (Phi) is 4.04. The molecule has 0 fully saturated rings. The molecule has 2 amide bonds. The van der Waals surface area contributed by atoms with Crippen molar-refractivity contribution in [3.8, 4) is 0 Å². The van der Waals surface area contributed by atoms with Gasteiger partial charge in [0.25, 0.3) is 11.8 Å². The van der Waals surface area contributed by atoms with Crippen LogP contribution in [0.25, 0.3) is 0 Å². The van der Waals surface area contributed by atoms with Crippen molar-refractivity contribution in [2.24, 2.45) is 0 Å². The summed E-state index contributed by atoms with van der Waals surface area (Å²) in [6.07, 6.45) is 2.52. The van der Waals surface area contributed by atoms with Gasteiger partial charge in [-0.1, -0.05) is 12.1 Å². The summed E-state index contributed by atoms with van der Waals surface area (Å²) in [5, 5.41) is 3.17. The van der Waals surface area contributed by atoms with E-state index >= 15 is 0 Å². The Bertz CT molecular complexity index is 597. The Balaban J connectivity index is 2.17. The first-order valence-electron chi connectivity index (χ1n) is 6.72. The first-order chi connectivity index (χ1) is 9.81. The molecule has 1 heterocycles. The van der Waals surface area contributed by atoms with Gasteiger partial charge in [0.05, 0.1) is 12.2 Å². The standard InChI is InChI=1S/C16H18N2O3/c1-11(19)10-17-16(2,3)12-4-6-13(7-5-12)18-14(20)8-9-15(18)21/h4-9,17H,10H2,1-3H3. The van der Waals surface area contributed by atoms with Gasteiger partial charge in [-0.2, -0.15) is 0 Å². The minimum Gasteiger partial charge on any atom is -0.301 e. The molecule has 0 atom stereocenters. The molecule has 0 bridgehead atoms. The van der Waals surface area contributed by atoms with Gasteiger partial charge in [-0.25, -0.2) is 4.90 Å². The van der Waals surface area contributed by atoms with Gasteiger partial charge in [0, 0.05) is 17.7 Å². The second-order valence-corrected chi connectivity index (χ2v) is 5.57. The molecular formula is C16H18N2O3. The molecule has 5 nitrogen and oxygen atoms in total. The van der Waals surface area contributed by atoms with Gasteiger partial charge in [0.15, 0.2) is 0 Å². The number of hydrogen-bond donors (Lipinski definition) is 1. The van der Waals surface area contributed by atoms with Gasteiger partial charge in [0.2, 0.25) is 0 Å². The highest BCUT2D eigenvalue weighted by Crippen LogP contribution is 2.25. The topological polar surface area (TPSA) is 66.5 Å². The summed E-state index contributed by atoms with van der Waals surface area (Å²) in [5.41, 5.74) is 1.14. The average molecular weight is 286 g/mol. The number of nitrogens with zero attached hydrogens (tertiary/aromatic N) is 1. The van der Waals surface area contributed by atoms with E-state index in [2.05, 4.69) is 5.32 Å². The maximum Gasteiger partial charge on any atom is 0.258 e. The van der Waals surface area contributed by atoms with Gasteiger partial charge < -0.3 is 5.32 Å². The van der Waals surface area contributed by atoms with Gasteiger partial charge in [-0.3, -0.25) is 14.4 Å². The molecular weight excluding hydrogens is 268 g/mol. The third-order valence-corrected chi connectivity index (χ3v) is 3.44. The van der Waals surface area contributed by atoms with Crippen LogP contribution in [0, 0.1) is 0 Å². The van der Waals surface area contributed by atoms with Crippen molar-refractivity contribution in [1.82, 2.24) is 5.32 Å². The van der Waals surface area contributed by atoms with Crippen molar-refractivity contribution in [2.75, 3.05) is 11.4 Å². The normalized spacial score (nSPS) is 14.9. The molecule has 1 aromatic carbocycles. The van der Waals surface area contributed by atoms with Crippen molar-refractivity contribution in [1.29, 1.82) is 0 Å². The van der Waals surface area contributed by atoms with Crippen molar-refractivity contribution >= 4 is 23.3 Å². The van der Waals surface area contributed by atoms with E-state index < -0.39 is 0 Å². The van der Waals surface area contributed by atoms with Crippen LogP contribution >= 0.6 is 0 Å². The SMILES string of the molecule is CC(=O)CNC(C)(C)c1ccc(N2C(=O)C=CC2=O)cc1. The molecule has 1 aromatic rings. The van der Waals surface area contributed by atoms with E-state index in [1.807, 2.05) is 26.0 Å². The molecule has 1 N–H and O–H groups in total. The van der Waals surface area contributed by atoms with E-state index in [-0.39, 0.29) is 23.1 Å². The van der Waals surface area contributed by atoms with Gasteiger partial charge >= 0.3 is 0 Å². The number of anilines is 1. The molecule has 2 rings (SSSR count). The Labute approximate surface area is 123 Å². The van der Waals surface area contributed by atoms with Crippen molar-refractivity contribution < 1.29 is 14.4 Å². The molecule has 0 unspecified atom stereocenters. The van der Waals surface area contributed by atoms with Crippen LogP contribution in [0.2, 0.25) is 0 Å². The van der Waals surface area contributed by atoms with E-state index in [1.54, 1.807) is 12.1 Å². The molecule has 1 aliphatic heterocycles. The van der Waals surface area contributed by atoms with Crippen molar-refractivity contribution in [2.45, 2.75) is 26.3 Å². The first-order valence-corrected chi connectivity index (χ1v) is 6.72. The smallest absolute Gasteiger partial charge is 0.258 e. The van der Waals surface area contributed by atoms with Crippen LogP contribution in [0.1, 0.15) is 26.3 Å². The Morgan fingerprint density at radius 1 is 1.10 bits per heavy atom. The summed E-state index contributed by atoms with van der Waals surface area (Å²) < 4.78 is 0. The molecule has 21 heavy (non-hydrogen) atoms. The van der Waals surface area contributed by atoms with Crippen LogP contribution in [0.5, 0.6) is 0 Å². The molecule has 0 aromatic heterocycles. The fourth-order valence-electron chi connectivity index (χ4n) is 2.13. The number of ketones is 1. The monoisotopic (exact) mass is 286 g/mol. The van der Waals surface area contributed by atoms with E-state index in [4.69, 9.17) is 0 Å². The lowest BCUT2D eigenvalue weighted by atomic mass is 9.94. The molecule has 1 aliphatic rings. The number of benzene rings is 1. The second-order valence-electron chi connectivity index (χ2n) is 5.57. The number of imide groups is 1. The maximum atomic E-state index is 11.6. The van der Waals surface area contributed by atoms with E-state index in [1.165, 1.54) is 19.1 Å². The minimum atomic E-state index is -0.374. The van der Waals surface area contributed by atoms with Crippen LogP contribution in [0.15, 0.2) is 36.4 Å². The lowest BCUT2D eigenvalue weighted by Crippen LogP contribution is -2.39. The highest BCUT2D eigenvalue weighted by Gasteiger charge is 2.26. The van der Waals surface area contributed by atoms with E-state index in [9.17, 15) is 14.4 Å². The quantitative estimate of drug-likeness (QED) is 0.834. The highest BCUT2D eigenvalue weighted by molar-refractivity contribution is 6.28. The predicted octanol–water partition coefficient (Wildman–Crippen LogP) is 1.53. The number of nitrogens with one attached hydrogen (secondary N) is 1. The fraction of sp³-hybridized carbons (Fsp3) is 0.312. The van der Waals surface area contributed by atoms with Gasteiger partial charge in [-0.05, 0) is 38.5 Å². The van der Waals surface area contributed by atoms with Gasteiger partial charge in [-0.15, -0.1) is 0 Å². The zero-order valence-corrected chi connectivity index (χ0v) is 12.3. The van der Waals surface area contributed by atoms with Crippen molar-refractivity contribution in [3.63, 3.8) is 0 Å². The second kappa shape index (κ2) is 5.61. The fourth-order valence-corrected chi connectivity index (χ4v) is 2.13. The molecule has 5 heteroatoms. The first kappa shape index (κ1) is 15.1. The lowest BCUT2D eigenvalue weighted by Gasteiger charge is -2.27. The van der Waals surface area contributed by atoms with Crippen LogP contribution in [-0.2, 0) is 19.9 Å². The largest absolute Gasteiger partial charge is 0.301 e. The van der Waals surface area contributed by atoms with E-state index in [0.717, 1.165) is 10.5 Å². The Morgan fingerprint density at radius 3 is 2.10 bits per heavy atom. The Morgan fingerprint density at radius 2 is 1.62 bits per heavy atom. The zero-order valence-electron chi connectivity index (χ0n) is 12.3.